The second kappa shape index (κ2) is 13.1. The average molecular weight is 695 g/mol. The van der Waals surface area contributed by atoms with Crippen LogP contribution in [0.2, 0.25) is 0 Å². The molecule has 0 saturated carbocycles. The first-order chi connectivity index (χ1) is 26.2. The van der Waals surface area contributed by atoms with Crippen molar-refractivity contribution in [1.82, 2.24) is 0 Å². The number of hydrogen-bond acceptors (Lipinski definition) is 3. The van der Waals surface area contributed by atoms with Crippen LogP contribution in [-0.4, -0.2) is 0 Å². The largest absolute Gasteiger partial charge is 0.355 e. The van der Waals surface area contributed by atoms with Crippen molar-refractivity contribution in [1.29, 1.82) is 0 Å². The van der Waals surface area contributed by atoms with Crippen LogP contribution >= 0.6 is 11.3 Å². The van der Waals surface area contributed by atoms with Crippen LogP contribution in [0.25, 0.3) is 64.0 Å². The number of benzene rings is 9. The van der Waals surface area contributed by atoms with Crippen LogP contribution in [0.15, 0.2) is 200 Å². The van der Waals surface area contributed by atoms with Crippen LogP contribution in [0, 0.1) is 0 Å². The van der Waals surface area contributed by atoms with Crippen molar-refractivity contribution in [2.24, 2.45) is 0 Å². The molecule has 0 aliphatic carbocycles. The van der Waals surface area contributed by atoms with Crippen molar-refractivity contribution < 1.29 is 0 Å². The fraction of sp³-hybridized carbons (Fsp3) is 0. The molecular weight excluding hydrogens is 661 g/mol. The highest BCUT2D eigenvalue weighted by molar-refractivity contribution is 7.26. The molecule has 0 unspecified atom stereocenters. The molecule has 0 bridgehead atoms. The lowest BCUT2D eigenvalue weighted by Crippen LogP contribution is -2.09. The van der Waals surface area contributed by atoms with Gasteiger partial charge in [0.15, 0.2) is 0 Å². The summed E-state index contributed by atoms with van der Waals surface area (Å²) in [5.74, 6) is 0. The number of hydrogen-bond donors (Lipinski definition) is 1. The molecule has 0 radical (unpaired) electrons. The molecule has 0 amide bonds. The van der Waals surface area contributed by atoms with Crippen LogP contribution in [0.1, 0.15) is 0 Å². The molecule has 3 heteroatoms. The van der Waals surface area contributed by atoms with E-state index < -0.39 is 0 Å². The Morgan fingerprint density at radius 2 is 1.00 bits per heavy atom. The van der Waals surface area contributed by atoms with Crippen LogP contribution in [0.4, 0.5) is 28.4 Å². The van der Waals surface area contributed by atoms with Crippen molar-refractivity contribution in [3.8, 4) is 22.3 Å². The predicted octanol–water partition coefficient (Wildman–Crippen LogP) is 14.9. The number of nitrogens with zero attached hydrogens (tertiary/aromatic N) is 1. The van der Waals surface area contributed by atoms with Crippen molar-refractivity contribution >= 4 is 81.5 Å². The van der Waals surface area contributed by atoms with Gasteiger partial charge < -0.3 is 10.2 Å². The second-order valence-electron chi connectivity index (χ2n) is 13.5. The first kappa shape index (κ1) is 31.1. The normalized spacial score (nSPS) is 11.4. The van der Waals surface area contributed by atoms with E-state index in [1.54, 1.807) is 0 Å². The second-order valence-corrected chi connectivity index (χ2v) is 14.5. The summed E-state index contributed by atoms with van der Waals surface area (Å²) < 4.78 is 2.61. The molecule has 1 N–H and O–H groups in total. The summed E-state index contributed by atoms with van der Waals surface area (Å²) in [7, 11) is 0. The van der Waals surface area contributed by atoms with Crippen LogP contribution in [0.5, 0.6) is 0 Å². The van der Waals surface area contributed by atoms with Gasteiger partial charge in [0, 0.05) is 54.2 Å². The molecule has 53 heavy (non-hydrogen) atoms. The fourth-order valence-electron chi connectivity index (χ4n) is 7.59. The van der Waals surface area contributed by atoms with E-state index in [0.29, 0.717) is 0 Å². The lowest BCUT2D eigenvalue weighted by molar-refractivity contribution is 1.29. The summed E-state index contributed by atoms with van der Waals surface area (Å²) in [4.78, 5) is 2.34. The molecule has 9 aromatic carbocycles. The van der Waals surface area contributed by atoms with Gasteiger partial charge in [0.1, 0.15) is 0 Å². The van der Waals surface area contributed by atoms with Gasteiger partial charge in [-0.3, -0.25) is 0 Å². The van der Waals surface area contributed by atoms with Gasteiger partial charge >= 0.3 is 0 Å². The maximum absolute atomic E-state index is 3.81. The third-order valence-corrected chi connectivity index (χ3v) is 11.4. The third kappa shape index (κ3) is 5.78. The van der Waals surface area contributed by atoms with E-state index in [4.69, 9.17) is 0 Å². The Balaban J connectivity index is 0.999. The van der Waals surface area contributed by atoms with E-state index in [9.17, 15) is 0 Å². The monoisotopic (exact) mass is 694 g/mol. The predicted molar refractivity (Wildman–Crippen MR) is 230 cm³/mol. The molecule has 0 aliphatic rings. The van der Waals surface area contributed by atoms with Gasteiger partial charge in [0.25, 0.3) is 0 Å². The van der Waals surface area contributed by atoms with Gasteiger partial charge in [-0.25, -0.2) is 0 Å². The van der Waals surface area contributed by atoms with Gasteiger partial charge in [0.2, 0.25) is 0 Å². The highest BCUT2D eigenvalue weighted by Crippen LogP contribution is 2.45. The minimum Gasteiger partial charge on any atom is -0.355 e. The Kier molecular flexibility index (Phi) is 7.71. The summed E-state index contributed by atoms with van der Waals surface area (Å²) in [5.41, 5.74) is 10.4. The smallest absolute Gasteiger partial charge is 0.0478 e. The first-order valence-corrected chi connectivity index (χ1v) is 18.8. The maximum atomic E-state index is 3.81. The minimum atomic E-state index is 1.06. The van der Waals surface area contributed by atoms with Gasteiger partial charge in [0.05, 0.1) is 0 Å². The molecule has 1 aromatic heterocycles. The highest BCUT2D eigenvalue weighted by Gasteiger charge is 2.16. The van der Waals surface area contributed by atoms with Crippen molar-refractivity contribution in [3.63, 3.8) is 0 Å². The summed E-state index contributed by atoms with van der Waals surface area (Å²) in [5, 5.41) is 11.3. The van der Waals surface area contributed by atoms with E-state index >= 15 is 0 Å². The lowest BCUT2D eigenvalue weighted by Gasteiger charge is -2.26. The molecule has 1 heterocycles. The van der Waals surface area contributed by atoms with Crippen LogP contribution in [-0.2, 0) is 0 Å². The van der Waals surface area contributed by atoms with E-state index in [-0.39, 0.29) is 0 Å². The molecule has 0 saturated heterocycles. The number of thiophene rings is 1. The van der Waals surface area contributed by atoms with Gasteiger partial charge in [-0.2, -0.15) is 0 Å². The lowest BCUT2D eigenvalue weighted by atomic mass is 10.00. The molecule has 0 aliphatic heterocycles. The number of rotatable bonds is 7. The minimum absolute atomic E-state index is 1.06. The van der Waals surface area contributed by atoms with Crippen molar-refractivity contribution in [3.05, 3.63) is 200 Å². The third-order valence-electron chi connectivity index (χ3n) is 10.2. The van der Waals surface area contributed by atoms with Crippen molar-refractivity contribution in [2.75, 3.05) is 10.2 Å². The Morgan fingerprint density at radius 3 is 1.85 bits per heavy atom. The Labute approximate surface area is 312 Å². The number of fused-ring (bicyclic) bond motifs is 5. The topological polar surface area (TPSA) is 15.3 Å². The Hall–Kier alpha value is -6.68. The first-order valence-electron chi connectivity index (χ1n) is 18.0. The van der Waals surface area contributed by atoms with Crippen LogP contribution < -0.4 is 10.2 Å². The molecule has 250 valence electrons. The molecular formula is C50H34N2S. The fourth-order valence-corrected chi connectivity index (χ4v) is 8.86. The number of nitrogens with one attached hydrogen (secondary N) is 1. The average Bonchev–Trinajstić information content (AvgIpc) is 3.60. The van der Waals surface area contributed by atoms with Gasteiger partial charge in [-0.05, 0) is 105 Å². The van der Waals surface area contributed by atoms with Crippen molar-refractivity contribution in [2.45, 2.75) is 0 Å². The zero-order valence-electron chi connectivity index (χ0n) is 28.9. The van der Waals surface area contributed by atoms with Crippen LogP contribution in [0.3, 0.4) is 0 Å². The Bertz CT molecular complexity index is 2910. The summed E-state index contributed by atoms with van der Waals surface area (Å²) in [6.45, 7) is 0. The summed E-state index contributed by atoms with van der Waals surface area (Å²) in [6, 6.07) is 72.2. The molecule has 0 atom stereocenters. The molecule has 2 nitrogen and oxygen atoms in total. The van der Waals surface area contributed by atoms with E-state index in [1.807, 2.05) is 11.3 Å². The molecule has 10 aromatic rings. The molecule has 0 fully saturated rings. The molecule has 10 rings (SSSR count). The molecule has 0 spiro atoms. The number of para-hydroxylation sites is 1. The summed E-state index contributed by atoms with van der Waals surface area (Å²) >= 11 is 1.87. The van der Waals surface area contributed by atoms with Gasteiger partial charge in [-0.15, -0.1) is 11.3 Å². The standard InChI is InChI=1S/C50H34N2S/c1-3-12-36(13-4-1)49-47(30-29-46-45-17-9-10-18-48(45)53-50(46)49)51-41-25-21-40-33-44(28-24-39(40)32-41)52(42-15-5-2-6-16-42)43-26-22-35(23-27-43)38-20-19-34-11-7-8-14-37(34)31-38/h1-33,51H. The van der Waals surface area contributed by atoms with E-state index in [2.05, 4.69) is 210 Å². The zero-order valence-corrected chi connectivity index (χ0v) is 29.7. The quantitative estimate of drug-likeness (QED) is 0.179. The Morgan fingerprint density at radius 1 is 0.377 bits per heavy atom. The highest BCUT2D eigenvalue weighted by atomic mass is 32.1. The number of anilines is 5. The zero-order chi connectivity index (χ0) is 35.1. The van der Waals surface area contributed by atoms with E-state index in [1.165, 1.54) is 64.0 Å². The summed E-state index contributed by atoms with van der Waals surface area (Å²) in [6.07, 6.45) is 0. The maximum Gasteiger partial charge on any atom is 0.0478 e. The SMILES string of the molecule is c1ccc(-c2c(Nc3ccc4cc(N(c5ccccc5)c5ccc(-c6ccc7ccccc7c6)cc5)ccc4c3)ccc3c2sc2ccccc23)cc1. The van der Waals surface area contributed by atoms with Gasteiger partial charge in [-0.1, -0.05) is 133 Å². The van der Waals surface area contributed by atoms with E-state index in [0.717, 1.165) is 28.4 Å².